The summed E-state index contributed by atoms with van der Waals surface area (Å²) in [4.78, 5) is 2.60. The molecule has 1 aliphatic rings. The van der Waals surface area contributed by atoms with Crippen LogP contribution in [-0.4, -0.2) is 31.1 Å². The summed E-state index contributed by atoms with van der Waals surface area (Å²) >= 11 is 0. The fourth-order valence-electron chi connectivity index (χ4n) is 2.26. The summed E-state index contributed by atoms with van der Waals surface area (Å²) in [5.74, 6) is 2.37. The molecule has 0 aliphatic heterocycles. The third kappa shape index (κ3) is 4.12. The lowest BCUT2D eigenvalue weighted by atomic mass is 9.84. The SMILES string of the molecule is CCN(CC1CCC1)CC(CN)C(C)C. The summed E-state index contributed by atoms with van der Waals surface area (Å²) in [7, 11) is 0. The van der Waals surface area contributed by atoms with Gasteiger partial charge in [-0.1, -0.05) is 27.2 Å². The second-order valence-electron chi connectivity index (χ2n) is 5.39. The summed E-state index contributed by atoms with van der Waals surface area (Å²) in [5, 5.41) is 0. The van der Waals surface area contributed by atoms with Crippen molar-refractivity contribution in [3.63, 3.8) is 0 Å². The van der Waals surface area contributed by atoms with Gasteiger partial charge >= 0.3 is 0 Å². The second-order valence-corrected chi connectivity index (χ2v) is 5.39. The minimum absolute atomic E-state index is 0.671. The van der Waals surface area contributed by atoms with E-state index in [0.717, 1.165) is 12.5 Å². The topological polar surface area (TPSA) is 29.3 Å². The molecule has 2 nitrogen and oxygen atoms in total. The molecule has 0 spiro atoms. The van der Waals surface area contributed by atoms with Gasteiger partial charge in [0, 0.05) is 13.1 Å². The van der Waals surface area contributed by atoms with E-state index in [-0.39, 0.29) is 0 Å². The van der Waals surface area contributed by atoms with Gasteiger partial charge in [-0.2, -0.15) is 0 Å². The summed E-state index contributed by atoms with van der Waals surface area (Å²) in [6, 6.07) is 0. The zero-order chi connectivity index (χ0) is 11.3. The van der Waals surface area contributed by atoms with Crippen LogP contribution in [0, 0.1) is 17.8 Å². The largest absolute Gasteiger partial charge is 0.330 e. The Bertz CT molecular complexity index is 164. The van der Waals surface area contributed by atoms with E-state index in [1.807, 2.05) is 0 Å². The average molecular weight is 212 g/mol. The van der Waals surface area contributed by atoms with E-state index >= 15 is 0 Å². The first kappa shape index (κ1) is 13.0. The highest BCUT2D eigenvalue weighted by Crippen LogP contribution is 2.27. The number of nitrogens with zero attached hydrogens (tertiary/aromatic N) is 1. The van der Waals surface area contributed by atoms with Crippen molar-refractivity contribution in [1.29, 1.82) is 0 Å². The Morgan fingerprint density at radius 3 is 2.33 bits per heavy atom. The number of hydrogen-bond donors (Lipinski definition) is 1. The second kappa shape index (κ2) is 6.49. The first-order valence-electron chi connectivity index (χ1n) is 6.59. The van der Waals surface area contributed by atoms with Crippen molar-refractivity contribution >= 4 is 0 Å². The molecule has 90 valence electrons. The van der Waals surface area contributed by atoms with Gasteiger partial charge < -0.3 is 10.6 Å². The maximum Gasteiger partial charge on any atom is 0.00242 e. The van der Waals surface area contributed by atoms with E-state index in [1.165, 1.54) is 38.9 Å². The van der Waals surface area contributed by atoms with Gasteiger partial charge in [0.25, 0.3) is 0 Å². The molecule has 0 radical (unpaired) electrons. The van der Waals surface area contributed by atoms with Gasteiger partial charge in [0.2, 0.25) is 0 Å². The van der Waals surface area contributed by atoms with Gasteiger partial charge in [-0.3, -0.25) is 0 Å². The molecule has 0 aromatic carbocycles. The molecule has 2 N–H and O–H groups in total. The van der Waals surface area contributed by atoms with Gasteiger partial charge in [0.15, 0.2) is 0 Å². The maximum absolute atomic E-state index is 5.83. The molecule has 0 aromatic heterocycles. The van der Waals surface area contributed by atoms with Gasteiger partial charge in [0.05, 0.1) is 0 Å². The fourth-order valence-corrected chi connectivity index (χ4v) is 2.26. The van der Waals surface area contributed by atoms with Crippen molar-refractivity contribution in [1.82, 2.24) is 4.90 Å². The average Bonchev–Trinajstić information content (AvgIpc) is 2.15. The Morgan fingerprint density at radius 2 is 2.00 bits per heavy atom. The first-order valence-corrected chi connectivity index (χ1v) is 6.59. The molecule has 0 saturated heterocycles. The van der Waals surface area contributed by atoms with E-state index in [0.29, 0.717) is 11.8 Å². The summed E-state index contributed by atoms with van der Waals surface area (Å²) in [5.41, 5.74) is 5.83. The Hall–Kier alpha value is -0.0800. The van der Waals surface area contributed by atoms with Crippen LogP contribution >= 0.6 is 0 Å². The van der Waals surface area contributed by atoms with Crippen LogP contribution in [-0.2, 0) is 0 Å². The van der Waals surface area contributed by atoms with Crippen LogP contribution in [0.15, 0.2) is 0 Å². The van der Waals surface area contributed by atoms with E-state index in [9.17, 15) is 0 Å². The molecule has 1 atom stereocenters. The van der Waals surface area contributed by atoms with Crippen LogP contribution in [0.3, 0.4) is 0 Å². The maximum atomic E-state index is 5.83. The highest BCUT2D eigenvalue weighted by Gasteiger charge is 2.22. The summed E-state index contributed by atoms with van der Waals surface area (Å²) < 4.78 is 0. The van der Waals surface area contributed by atoms with Crippen LogP contribution in [0.2, 0.25) is 0 Å². The number of nitrogens with two attached hydrogens (primary N) is 1. The Morgan fingerprint density at radius 1 is 1.33 bits per heavy atom. The molecule has 1 unspecified atom stereocenters. The molecule has 0 bridgehead atoms. The Kier molecular flexibility index (Phi) is 5.62. The Labute approximate surface area is 95.2 Å². The Balaban J connectivity index is 2.29. The monoisotopic (exact) mass is 212 g/mol. The predicted molar refractivity (Wildman–Crippen MR) is 66.8 cm³/mol. The number of hydrogen-bond acceptors (Lipinski definition) is 2. The smallest absolute Gasteiger partial charge is 0.00242 e. The lowest BCUT2D eigenvalue weighted by Gasteiger charge is -2.34. The van der Waals surface area contributed by atoms with Crippen LogP contribution in [0.1, 0.15) is 40.0 Å². The van der Waals surface area contributed by atoms with Gasteiger partial charge in [-0.15, -0.1) is 0 Å². The van der Waals surface area contributed by atoms with E-state index in [4.69, 9.17) is 5.73 Å². The standard InChI is InChI=1S/C13H28N2/c1-4-15(9-12-6-5-7-12)10-13(8-14)11(2)3/h11-13H,4-10,14H2,1-3H3. The van der Waals surface area contributed by atoms with E-state index < -0.39 is 0 Å². The lowest BCUT2D eigenvalue weighted by molar-refractivity contribution is 0.151. The van der Waals surface area contributed by atoms with Crippen LogP contribution in [0.4, 0.5) is 0 Å². The van der Waals surface area contributed by atoms with Crippen molar-refractivity contribution in [3.05, 3.63) is 0 Å². The van der Waals surface area contributed by atoms with E-state index in [1.54, 1.807) is 0 Å². The molecule has 1 saturated carbocycles. The molecular weight excluding hydrogens is 184 g/mol. The highest BCUT2D eigenvalue weighted by molar-refractivity contribution is 4.76. The first-order chi connectivity index (χ1) is 7.17. The fraction of sp³-hybridized carbons (Fsp3) is 1.00. The molecule has 1 rings (SSSR count). The molecule has 2 heteroatoms. The van der Waals surface area contributed by atoms with Gasteiger partial charge in [-0.25, -0.2) is 0 Å². The minimum Gasteiger partial charge on any atom is -0.330 e. The van der Waals surface area contributed by atoms with Crippen molar-refractivity contribution in [3.8, 4) is 0 Å². The lowest BCUT2D eigenvalue weighted by Crippen LogP contribution is -2.39. The molecular formula is C13H28N2. The third-order valence-corrected chi connectivity index (χ3v) is 3.93. The molecule has 0 aromatic rings. The van der Waals surface area contributed by atoms with Crippen LogP contribution < -0.4 is 5.73 Å². The normalized spacial score (nSPS) is 19.6. The van der Waals surface area contributed by atoms with Crippen molar-refractivity contribution in [2.24, 2.45) is 23.5 Å². The minimum atomic E-state index is 0.671. The molecule has 0 heterocycles. The van der Waals surface area contributed by atoms with Gasteiger partial charge in [0.1, 0.15) is 0 Å². The molecule has 15 heavy (non-hydrogen) atoms. The zero-order valence-corrected chi connectivity index (χ0v) is 10.7. The van der Waals surface area contributed by atoms with Crippen molar-refractivity contribution in [2.75, 3.05) is 26.2 Å². The summed E-state index contributed by atoms with van der Waals surface area (Å²) in [6.07, 6.45) is 4.35. The van der Waals surface area contributed by atoms with Crippen LogP contribution in [0.5, 0.6) is 0 Å². The van der Waals surface area contributed by atoms with Crippen molar-refractivity contribution in [2.45, 2.75) is 40.0 Å². The zero-order valence-electron chi connectivity index (χ0n) is 10.7. The predicted octanol–water partition coefficient (Wildman–Crippen LogP) is 2.34. The quantitative estimate of drug-likeness (QED) is 0.702. The van der Waals surface area contributed by atoms with E-state index in [2.05, 4.69) is 25.7 Å². The number of rotatable bonds is 7. The third-order valence-electron chi connectivity index (χ3n) is 3.93. The molecule has 1 fully saturated rings. The molecule has 1 aliphatic carbocycles. The van der Waals surface area contributed by atoms with Crippen LogP contribution in [0.25, 0.3) is 0 Å². The molecule has 0 amide bonds. The summed E-state index contributed by atoms with van der Waals surface area (Å²) in [6.45, 7) is 11.4. The highest BCUT2D eigenvalue weighted by atomic mass is 15.1. The van der Waals surface area contributed by atoms with Crippen molar-refractivity contribution < 1.29 is 0 Å². The van der Waals surface area contributed by atoms with Gasteiger partial charge in [-0.05, 0) is 43.7 Å².